The predicted molar refractivity (Wildman–Crippen MR) is 102 cm³/mol. The molecule has 1 N–H and O–H groups in total. The zero-order valence-corrected chi connectivity index (χ0v) is 15.7. The fourth-order valence-electron chi connectivity index (χ4n) is 2.50. The van der Waals surface area contributed by atoms with Crippen LogP contribution in [0.5, 0.6) is 0 Å². The van der Waals surface area contributed by atoms with Crippen molar-refractivity contribution in [3.05, 3.63) is 59.0 Å². The van der Waals surface area contributed by atoms with Crippen LogP contribution in [-0.4, -0.2) is 32.7 Å². The number of sulfonamides is 1. The van der Waals surface area contributed by atoms with Gasteiger partial charge >= 0.3 is 0 Å². The lowest BCUT2D eigenvalue weighted by atomic mass is 10.1. The molecule has 1 aromatic heterocycles. The standard InChI is InChI=1S/C18H18N2O3S2/c1-12-15-6-4-5-7-16(15)24-17(12)18(21)19-13-8-10-14(11-9-13)25(22,23)20(2)3/h4-11H,1-3H3,(H,19,21). The maximum Gasteiger partial charge on any atom is 0.266 e. The van der Waals surface area contributed by atoms with E-state index in [0.29, 0.717) is 10.6 Å². The molecule has 0 atom stereocenters. The van der Waals surface area contributed by atoms with Gasteiger partial charge in [-0.3, -0.25) is 4.79 Å². The number of carbonyl (C=O) groups is 1. The summed E-state index contributed by atoms with van der Waals surface area (Å²) >= 11 is 1.45. The van der Waals surface area contributed by atoms with Gasteiger partial charge in [0.05, 0.1) is 9.77 Å². The number of hydrogen-bond donors (Lipinski definition) is 1. The first-order chi connectivity index (χ1) is 11.8. The van der Waals surface area contributed by atoms with Gasteiger partial charge in [-0.15, -0.1) is 11.3 Å². The first kappa shape index (κ1) is 17.6. The van der Waals surface area contributed by atoms with Crippen molar-refractivity contribution in [2.24, 2.45) is 0 Å². The molecule has 0 unspecified atom stereocenters. The smallest absolute Gasteiger partial charge is 0.266 e. The van der Waals surface area contributed by atoms with E-state index < -0.39 is 10.0 Å². The van der Waals surface area contributed by atoms with Gasteiger partial charge in [0.1, 0.15) is 0 Å². The first-order valence-corrected chi connectivity index (χ1v) is 9.88. The number of thiophene rings is 1. The Balaban J connectivity index is 1.84. The normalized spacial score (nSPS) is 11.8. The number of nitrogens with zero attached hydrogens (tertiary/aromatic N) is 1. The van der Waals surface area contributed by atoms with E-state index in [1.807, 2.05) is 31.2 Å². The van der Waals surface area contributed by atoms with Gasteiger partial charge in [-0.1, -0.05) is 18.2 Å². The highest BCUT2D eigenvalue weighted by molar-refractivity contribution is 7.89. The van der Waals surface area contributed by atoms with Crippen molar-refractivity contribution in [3.63, 3.8) is 0 Å². The minimum Gasteiger partial charge on any atom is -0.321 e. The van der Waals surface area contributed by atoms with Gasteiger partial charge in [-0.2, -0.15) is 0 Å². The third-order valence-electron chi connectivity index (χ3n) is 3.94. The summed E-state index contributed by atoms with van der Waals surface area (Å²) in [7, 11) is -0.513. The van der Waals surface area contributed by atoms with E-state index in [1.165, 1.54) is 37.6 Å². The summed E-state index contributed by atoms with van der Waals surface area (Å²) in [4.78, 5) is 13.4. The number of nitrogens with one attached hydrogen (secondary N) is 1. The Hall–Kier alpha value is -2.22. The molecule has 0 fully saturated rings. The summed E-state index contributed by atoms with van der Waals surface area (Å²) in [6, 6.07) is 14.1. The molecule has 0 spiro atoms. The largest absolute Gasteiger partial charge is 0.321 e. The SMILES string of the molecule is Cc1c(C(=O)Nc2ccc(S(=O)(=O)N(C)C)cc2)sc2ccccc12. The van der Waals surface area contributed by atoms with E-state index in [2.05, 4.69) is 5.32 Å². The average Bonchev–Trinajstić information content (AvgIpc) is 2.93. The maximum absolute atomic E-state index is 12.6. The van der Waals surface area contributed by atoms with Crippen molar-refractivity contribution in [1.82, 2.24) is 4.31 Å². The van der Waals surface area contributed by atoms with Crippen molar-refractivity contribution < 1.29 is 13.2 Å². The molecular weight excluding hydrogens is 356 g/mol. The zero-order valence-electron chi connectivity index (χ0n) is 14.1. The van der Waals surface area contributed by atoms with Gasteiger partial charge in [0.25, 0.3) is 5.91 Å². The summed E-state index contributed by atoms with van der Waals surface area (Å²) < 4.78 is 26.4. The fourth-order valence-corrected chi connectivity index (χ4v) is 4.51. The summed E-state index contributed by atoms with van der Waals surface area (Å²) in [6.45, 7) is 1.93. The second kappa shape index (κ2) is 6.59. The van der Waals surface area contributed by atoms with Crippen LogP contribution in [0.1, 0.15) is 15.2 Å². The summed E-state index contributed by atoms with van der Waals surface area (Å²) in [5.41, 5.74) is 1.50. The van der Waals surface area contributed by atoms with Gasteiger partial charge in [0.15, 0.2) is 0 Å². The van der Waals surface area contributed by atoms with Crippen molar-refractivity contribution in [2.75, 3.05) is 19.4 Å². The van der Waals surface area contributed by atoms with Crippen LogP contribution >= 0.6 is 11.3 Å². The van der Waals surface area contributed by atoms with Crippen molar-refractivity contribution in [3.8, 4) is 0 Å². The number of anilines is 1. The lowest BCUT2D eigenvalue weighted by molar-refractivity contribution is 0.103. The molecule has 0 saturated heterocycles. The highest BCUT2D eigenvalue weighted by Gasteiger charge is 2.18. The fraction of sp³-hybridized carbons (Fsp3) is 0.167. The second-order valence-electron chi connectivity index (χ2n) is 5.82. The lowest BCUT2D eigenvalue weighted by Crippen LogP contribution is -2.22. The number of aryl methyl sites for hydroxylation is 1. The summed E-state index contributed by atoms with van der Waals surface area (Å²) in [5.74, 6) is -0.193. The number of carbonyl (C=O) groups excluding carboxylic acids is 1. The molecule has 0 bridgehead atoms. The van der Waals surface area contributed by atoms with E-state index in [1.54, 1.807) is 12.1 Å². The molecule has 0 saturated carbocycles. The molecule has 2 aromatic carbocycles. The van der Waals surface area contributed by atoms with Crippen LogP contribution in [0, 0.1) is 6.92 Å². The number of fused-ring (bicyclic) bond motifs is 1. The van der Waals surface area contributed by atoms with Gasteiger partial charge in [0.2, 0.25) is 10.0 Å². The average molecular weight is 374 g/mol. The topological polar surface area (TPSA) is 66.5 Å². The van der Waals surface area contributed by atoms with E-state index in [9.17, 15) is 13.2 Å². The molecule has 0 radical (unpaired) electrons. The Morgan fingerprint density at radius 2 is 1.68 bits per heavy atom. The molecule has 0 aliphatic heterocycles. The minimum atomic E-state index is -3.48. The number of amides is 1. The minimum absolute atomic E-state index is 0.188. The van der Waals surface area contributed by atoms with Crippen molar-refractivity contribution in [1.29, 1.82) is 0 Å². The Kier molecular flexibility index (Phi) is 4.64. The molecule has 1 heterocycles. The van der Waals surface area contributed by atoms with Crippen LogP contribution < -0.4 is 5.32 Å². The van der Waals surface area contributed by atoms with Crippen LogP contribution in [0.2, 0.25) is 0 Å². The maximum atomic E-state index is 12.6. The Bertz CT molecular complexity index is 1040. The Morgan fingerprint density at radius 1 is 1.04 bits per heavy atom. The highest BCUT2D eigenvalue weighted by atomic mass is 32.2. The van der Waals surface area contributed by atoms with E-state index in [4.69, 9.17) is 0 Å². The van der Waals surface area contributed by atoms with E-state index >= 15 is 0 Å². The molecular formula is C18H18N2O3S2. The van der Waals surface area contributed by atoms with Gasteiger partial charge in [0, 0.05) is 24.5 Å². The summed E-state index contributed by atoms with van der Waals surface area (Å²) in [6.07, 6.45) is 0. The number of hydrogen-bond acceptors (Lipinski definition) is 4. The second-order valence-corrected chi connectivity index (χ2v) is 9.02. The van der Waals surface area contributed by atoms with Gasteiger partial charge < -0.3 is 5.32 Å². The quantitative estimate of drug-likeness (QED) is 0.757. The van der Waals surface area contributed by atoms with Gasteiger partial charge in [-0.05, 0) is 48.2 Å². The van der Waals surface area contributed by atoms with E-state index in [-0.39, 0.29) is 10.8 Å². The molecule has 1 amide bonds. The first-order valence-electron chi connectivity index (χ1n) is 7.63. The zero-order chi connectivity index (χ0) is 18.2. The van der Waals surface area contributed by atoms with Crippen LogP contribution in [0.4, 0.5) is 5.69 Å². The lowest BCUT2D eigenvalue weighted by Gasteiger charge is -2.12. The van der Waals surface area contributed by atoms with Crippen molar-refractivity contribution >= 4 is 43.0 Å². The van der Waals surface area contributed by atoms with Crippen molar-refractivity contribution in [2.45, 2.75) is 11.8 Å². The van der Waals surface area contributed by atoms with E-state index in [0.717, 1.165) is 20.0 Å². The van der Waals surface area contributed by atoms with Gasteiger partial charge in [-0.25, -0.2) is 12.7 Å². The number of rotatable bonds is 4. The molecule has 0 aliphatic carbocycles. The molecule has 25 heavy (non-hydrogen) atoms. The van der Waals surface area contributed by atoms with Crippen LogP contribution in [-0.2, 0) is 10.0 Å². The highest BCUT2D eigenvalue weighted by Crippen LogP contribution is 2.31. The van der Waals surface area contributed by atoms with Crippen LogP contribution in [0.25, 0.3) is 10.1 Å². The third kappa shape index (κ3) is 3.30. The Morgan fingerprint density at radius 3 is 2.28 bits per heavy atom. The van der Waals surface area contributed by atoms with Crippen LogP contribution in [0.3, 0.4) is 0 Å². The molecule has 7 heteroatoms. The predicted octanol–water partition coefficient (Wildman–Crippen LogP) is 3.71. The number of benzene rings is 2. The molecule has 3 rings (SSSR count). The Labute approximate surface area is 151 Å². The molecule has 0 aliphatic rings. The van der Waals surface area contributed by atoms with Crippen LogP contribution in [0.15, 0.2) is 53.4 Å². The molecule has 130 valence electrons. The monoisotopic (exact) mass is 374 g/mol. The summed E-state index contributed by atoms with van der Waals surface area (Å²) in [5, 5.41) is 3.91. The molecule has 5 nitrogen and oxygen atoms in total. The third-order valence-corrected chi connectivity index (χ3v) is 7.04. The molecule has 3 aromatic rings.